The van der Waals surface area contributed by atoms with Gasteiger partial charge in [0.05, 0.1) is 0 Å². The fourth-order valence-corrected chi connectivity index (χ4v) is 0.694. The zero-order valence-electron chi connectivity index (χ0n) is 3.16. The van der Waals surface area contributed by atoms with Gasteiger partial charge in [0.25, 0.3) is 0 Å². The summed E-state index contributed by atoms with van der Waals surface area (Å²) in [5.74, 6) is 0. The van der Waals surface area contributed by atoms with Crippen LogP contribution in [0.3, 0.4) is 0 Å². The Morgan fingerprint density at radius 1 is 2.00 bits per heavy atom. The Morgan fingerprint density at radius 2 is 2.60 bits per heavy atom. The second kappa shape index (κ2) is 4.78. The maximum absolute atomic E-state index is 5.28. The van der Waals surface area contributed by atoms with Gasteiger partial charge in [0, 0.05) is 0 Å². The molecule has 3 heteroatoms. The van der Waals surface area contributed by atoms with Crippen molar-refractivity contribution in [3.05, 3.63) is 0 Å². The van der Waals surface area contributed by atoms with Crippen molar-refractivity contribution in [2.45, 2.75) is 0 Å². The highest BCUT2D eigenvalue weighted by molar-refractivity contribution is 6.48. The predicted molar refractivity (Wildman–Crippen MR) is 25.5 cm³/mol. The summed E-state index contributed by atoms with van der Waals surface area (Å²) >= 11 is 5.61. The zero-order chi connectivity index (χ0) is 4.12. The number of hydrogen-bond acceptors (Lipinski definition) is 1. The standard InChI is InChI=1S/CH2Cl.CH4N.Al/c2*1-2;/h1H2;2H,1H3;/q;-1;+1. The summed E-state index contributed by atoms with van der Waals surface area (Å²) in [6.45, 7) is 0. The van der Waals surface area contributed by atoms with Crippen molar-refractivity contribution < 1.29 is 0 Å². The minimum Gasteiger partial charge on any atom is -0.408 e. The molecule has 0 saturated carbocycles. The second-order valence-corrected chi connectivity index (χ2v) is 2.87. The summed E-state index contributed by atoms with van der Waals surface area (Å²) in [5, 5.41) is 0. The molecule has 1 N–H and O–H groups in total. The normalized spacial score (nSPS) is 7.60. The van der Waals surface area contributed by atoms with Gasteiger partial charge >= 0.3 is 15.4 Å². The molecule has 0 aromatic carbocycles. The Balaban J connectivity index is 2.19. The van der Waals surface area contributed by atoms with Crippen LogP contribution in [0.25, 0.3) is 0 Å². The van der Waals surface area contributed by atoms with Crippen molar-refractivity contribution in [1.29, 1.82) is 0 Å². The summed E-state index contributed by atoms with van der Waals surface area (Å²) in [6.07, 6.45) is 0. The monoisotopic (exact) mass is 106 g/mol. The van der Waals surface area contributed by atoms with E-state index in [1.54, 1.807) is 0 Å². The van der Waals surface area contributed by atoms with E-state index in [4.69, 9.17) is 11.6 Å². The molecular formula is C2H6AlClN. The van der Waals surface area contributed by atoms with Gasteiger partial charge in [-0.2, -0.15) is 0 Å². The summed E-state index contributed by atoms with van der Waals surface area (Å²) < 4.78 is 3.76. The molecule has 0 aromatic rings. The molecule has 0 spiro atoms. The van der Waals surface area contributed by atoms with E-state index in [1.165, 1.54) is 0 Å². The first kappa shape index (κ1) is 5.78. The van der Waals surface area contributed by atoms with Crippen molar-refractivity contribution in [2.75, 3.05) is 11.8 Å². The van der Waals surface area contributed by atoms with Crippen LogP contribution in [0.1, 0.15) is 0 Å². The Hall–Kier alpha value is 0.782. The van der Waals surface area contributed by atoms with E-state index in [1.807, 2.05) is 7.05 Å². The van der Waals surface area contributed by atoms with Crippen molar-refractivity contribution in [3.8, 4) is 0 Å². The Kier molecular flexibility index (Phi) is 5.53. The molecule has 0 saturated heterocycles. The minimum atomic E-state index is 0.330. The van der Waals surface area contributed by atoms with Gasteiger partial charge in [-0.3, -0.25) is 0 Å². The van der Waals surface area contributed by atoms with Crippen molar-refractivity contribution in [3.63, 3.8) is 0 Å². The lowest BCUT2D eigenvalue weighted by Crippen LogP contribution is -2.13. The summed E-state index contributed by atoms with van der Waals surface area (Å²) in [5.41, 5.74) is 0. The minimum absolute atomic E-state index is 0.330. The number of halogens is 1. The van der Waals surface area contributed by atoms with Gasteiger partial charge in [0.2, 0.25) is 0 Å². The molecular weight excluding hydrogens is 100 g/mol. The molecule has 0 rings (SSSR count). The predicted octanol–water partition coefficient (Wildman–Crippen LogP) is 0.0213. The van der Waals surface area contributed by atoms with Crippen LogP contribution in [-0.2, 0) is 0 Å². The highest BCUT2D eigenvalue weighted by atomic mass is 35.5. The molecule has 5 heavy (non-hydrogen) atoms. The maximum atomic E-state index is 5.28. The first-order chi connectivity index (χ1) is 2.41. The van der Waals surface area contributed by atoms with E-state index in [-0.39, 0.29) is 0 Å². The van der Waals surface area contributed by atoms with Crippen LogP contribution >= 0.6 is 11.6 Å². The maximum Gasteiger partial charge on any atom is 0.338 e. The molecule has 1 radical (unpaired) electrons. The lowest BCUT2D eigenvalue weighted by Gasteiger charge is -1.78. The fourth-order valence-electron chi connectivity index (χ4n) is 0.0772. The van der Waals surface area contributed by atoms with Gasteiger partial charge in [-0.1, -0.05) is 0 Å². The molecule has 0 aliphatic rings. The van der Waals surface area contributed by atoms with E-state index in [9.17, 15) is 0 Å². The van der Waals surface area contributed by atoms with Crippen LogP contribution in [0, 0.1) is 0 Å². The van der Waals surface area contributed by atoms with Crippen LogP contribution in [0.15, 0.2) is 0 Å². The van der Waals surface area contributed by atoms with Crippen LogP contribution < -0.4 is 4.30 Å². The molecule has 0 aliphatic carbocycles. The largest absolute Gasteiger partial charge is 0.408 e. The Morgan fingerprint density at radius 3 is 2.60 bits per heavy atom. The first-order valence-electron chi connectivity index (χ1n) is 1.46. The fraction of sp³-hybridized carbons (Fsp3) is 1.00. The number of nitrogens with one attached hydrogen (secondary N) is 1. The van der Waals surface area contributed by atoms with E-state index >= 15 is 0 Å². The lowest BCUT2D eigenvalue weighted by molar-refractivity contribution is 1.24. The molecule has 0 aliphatic heterocycles. The molecule has 0 heterocycles. The first-order valence-corrected chi connectivity index (χ1v) is 3.39. The molecule has 0 aromatic heterocycles. The SMILES string of the molecule is C[NH][Al][CH2]Cl. The van der Waals surface area contributed by atoms with Gasteiger partial charge in [-0.25, -0.2) is 0 Å². The average molecular weight is 107 g/mol. The van der Waals surface area contributed by atoms with E-state index in [0.29, 0.717) is 15.4 Å². The molecule has 0 fully saturated rings. The average Bonchev–Trinajstić information content (AvgIpc) is 1.41. The van der Waals surface area contributed by atoms with Gasteiger partial charge < -0.3 is 4.30 Å². The zero-order valence-corrected chi connectivity index (χ0v) is 5.07. The molecule has 0 unspecified atom stereocenters. The Bertz CT molecular complexity index is 17.1. The third-order valence-electron chi connectivity index (χ3n) is 0.281. The van der Waals surface area contributed by atoms with Crippen molar-refractivity contribution in [2.24, 2.45) is 0 Å². The third-order valence-corrected chi connectivity index (χ3v) is 1.31. The molecule has 0 atom stereocenters. The van der Waals surface area contributed by atoms with Crippen LogP contribution in [0.5, 0.6) is 0 Å². The van der Waals surface area contributed by atoms with Crippen LogP contribution in [0.4, 0.5) is 0 Å². The molecule has 29 valence electrons. The third kappa shape index (κ3) is 4.78. The summed E-state index contributed by atoms with van der Waals surface area (Å²) in [4.78, 5) is 0. The van der Waals surface area contributed by atoms with E-state index < -0.39 is 0 Å². The number of hydrogen-bond donors (Lipinski definition) is 1. The number of alkyl halides is 1. The summed E-state index contributed by atoms with van der Waals surface area (Å²) in [7, 11) is 1.91. The number of rotatable bonds is 2. The van der Waals surface area contributed by atoms with Crippen molar-refractivity contribution >= 4 is 27.0 Å². The Labute approximate surface area is 43.6 Å². The highest BCUT2D eigenvalue weighted by Gasteiger charge is 1.76. The topological polar surface area (TPSA) is 12.0 Å². The van der Waals surface area contributed by atoms with Crippen LogP contribution in [-0.4, -0.2) is 27.2 Å². The smallest absolute Gasteiger partial charge is 0.338 e. The molecule has 0 amide bonds. The van der Waals surface area contributed by atoms with Gasteiger partial charge in [-0.15, -0.1) is 11.6 Å². The van der Waals surface area contributed by atoms with E-state index in [0.717, 1.165) is 4.74 Å². The van der Waals surface area contributed by atoms with Gasteiger partial charge in [0.15, 0.2) is 0 Å². The van der Waals surface area contributed by atoms with Crippen molar-refractivity contribution in [1.82, 2.24) is 4.30 Å². The lowest BCUT2D eigenvalue weighted by atomic mass is 11.6. The van der Waals surface area contributed by atoms with Gasteiger partial charge in [0.1, 0.15) is 0 Å². The van der Waals surface area contributed by atoms with E-state index in [2.05, 4.69) is 4.30 Å². The van der Waals surface area contributed by atoms with Gasteiger partial charge in [-0.05, 0) is 11.8 Å². The summed E-state index contributed by atoms with van der Waals surface area (Å²) in [6, 6.07) is 0. The molecule has 1 nitrogen and oxygen atoms in total. The second-order valence-electron chi connectivity index (χ2n) is 0.647. The molecule has 0 bridgehead atoms. The van der Waals surface area contributed by atoms with Crippen LogP contribution in [0.2, 0.25) is 0 Å². The quantitative estimate of drug-likeness (QED) is 0.387. The highest BCUT2D eigenvalue weighted by Crippen LogP contribution is 1.60.